The van der Waals surface area contributed by atoms with Crippen molar-refractivity contribution in [1.82, 2.24) is 0 Å². The first-order chi connectivity index (χ1) is 8.09. The summed E-state index contributed by atoms with van der Waals surface area (Å²) in [5.41, 5.74) is 0.781. The number of furan rings is 1. The van der Waals surface area contributed by atoms with E-state index < -0.39 is 11.9 Å². The molecule has 2 heterocycles. The molecule has 0 aliphatic carbocycles. The number of rotatable bonds is 3. The van der Waals surface area contributed by atoms with E-state index in [-0.39, 0.29) is 11.3 Å². The zero-order valence-corrected chi connectivity index (χ0v) is 9.71. The Labute approximate surface area is 101 Å². The van der Waals surface area contributed by atoms with Crippen molar-refractivity contribution in [2.45, 2.75) is 6.92 Å². The fourth-order valence-corrected chi connectivity index (χ4v) is 2.11. The van der Waals surface area contributed by atoms with Crippen LogP contribution in [-0.4, -0.2) is 17.0 Å². The summed E-state index contributed by atoms with van der Waals surface area (Å²) in [6.45, 7) is 1.74. The van der Waals surface area contributed by atoms with E-state index in [9.17, 15) is 9.59 Å². The van der Waals surface area contributed by atoms with Gasteiger partial charge in [0.15, 0.2) is 5.76 Å². The summed E-state index contributed by atoms with van der Waals surface area (Å²) in [6, 6.07) is 3.11. The van der Waals surface area contributed by atoms with Crippen LogP contribution in [0.3, 0.4) is 0 Å². The smallest absolute Gasteiger partial charge is 0.338 e. The molecular weight excluding hydrogens is 242 g/mol. The van der Waals surface area contributed by atoms with E-state index in [1.807, 2.05) is 0 Å². The summed E-state index contributed by atoms with van der Waals surface area (Å²) in [6.07, 6.45) is 1.41. The van der Waals surface area contributed by atoms with Gasteiger partial charge in [-0.3, -0.25) is 4.79 Å². The van der Waals surface area contributed by atoms with Crippen LogP contribution in [0, 0.1) is 6.92 Å². The van der Waals surface area contributed by atoms with Gasteiger partial charge < -0.3 is 14.8 Å². The minimum atomic E-state index is -1.07. The van der Waals surface area contributed by atoms with Crippen LogP contribution in [0.4, 0.5) is 5.00 Å². The molecule has 0 spiro atoms. The molecule has 0 atom stereocenters. The van der Waals surface area contributed by atoms with Gasteiger partial charge >= 0.3 is 5.97 Å². The molecule has 6 heteroatoms. The molecule has 17 heavy (non-hydrogen) atoms. The van der Waals surface area contributed by atoms with Crippen molar-refractivity contribution in [3.05, 3.63) is 40.7 Å². The predicted molar refractivity (Wildman–Crippen MR) is 62.7 cm³/mol. The number of amides is 1. The molecule has 0 radical (unpaired) electrons. The third kappa shape index (κ3) is 2.21. The number of thiophene rings is 1. The Kier molecular flexibility index (Phi) is 2.97. The Morgan fingerprint density at radius 3 is 2.76 bits per heavy atom. The number of carboxylic acids is 1. The SMILES string of the molecule is Cc1ccoc1C(=O)Nc1sccc1C(=O)O. The molecular formula is C11H9NO4S. The highest BCUT2D eigenvalue weighted by Crippen LogP contribution is 2.24. The van der Waals surface area contributed by atoms with Crippen molar-refractivity contribution < 1.29 is 19.1 Å². The van der Waals surface area contributed by atoms with Crippen molar-refractivity contribution in [2.75, 3.05) is 5.32 Å². The fraction of sp³-hybridized carbons (Fsp3) is 0.0909. The van der Waals surface area contributed by atoms with Gasteiger partial charge in [0.05, 0.1) is 11.8 Å². The third-order valence-corrected chi connectivity index (χ3v) is 3.02. The van der Waals surface area contributed by atoms with Gasteiger partial charge in [0.25, 0.3) is 5.91 Å². The van der Waals surface area contributed by atoms with Gasteiger partial charge in [0, 0.05) is 5.56 Å². The maximum atomic E-state index is 11.8. The van der Waals surface area contributed by atoms with E-state index in [1.54, 1.807) is 18.4 Å². The molecule has 2 N–H and O–H groups in total. The van der Waals surface area contributed by atoms with Crippen molar-refractivity contribution >= 4 is 28.2 Å². The maximum absolute atomic E-state index is 11.8. The third-order valence-electron chi connectivity index (χ3n) is 2.19. The fourth-order valence-electron chi connectivity index (χ4n) is 1.34. The lowest BCUT2D eigenvalue weighted by atomic mass is 10.2. The van der Waals surface area contributed by atoms with Crippen molar-refractivity contribution in [3.8, 4) is 0 Å². The monoisotopic (exact) mass is 251 g/mol. The second kappa shape index (κ2) is 4.42. The minimum Gasteiger partial charge on any atom is -0.478 e. The van der Waals surface area contributed by atoms with Crippen molar-refractivity contribution in [3.63, 3.8) is 0 Å². The number of hydrogen-bond donors (Lipinski definition) is 2. The molecule has 1 amide bonds. The maximum Gasteiger partial charge on any atom is 0.338 e. The average molecular weight is 251 g/mol. The Morgan fingerprint density at radius 2 is 2.18 bits per heavy atom. The molecule has 0 fully saturated rings. The Balaban J connectivity index is 2.22. The van der Waals surface area contributed by atoms with Gasteiger partial charge in [-0.05, 0) is 24.4 Å². The Bertz CT molecular complexity index is 570. The van der Waals surface area contributed by atoms with Crippen LogP contribution in [0.1, 0.15) is 26.5 Å². The van der Waals surface area contributed by atoms with Crippen LogP contribution < -0.4 is 5.32 Å². The summed E-state index contributed by atoms with van der Waals surface area (Å²) in [5, 5.41) is 13.3. The lowest BCUT2D eigenvalue weighted by Gasteiger charge is -2.02. The highest BCUT2D eigenvalue weighted by Gasteiger charge is 2.17. The molecule has 2 aromatic heterocycles. The zero-order chi connectivity index (χ0) is 12.4. The molecule has 0 saturated heterocycles. The molecule has 0 aliphatic heterocycles. The van der Waals surface area contributed by atoms with Crippen LogP contribution in [0.25, 0.3) is 0 Å². The molecule has 5 nitrogen and oxygen atoms in total. The van der Waals surface area contributed by atoms with Crippen LogP contribution >= 0.6 is 11.3 Å². The molecule has 88 valence electrons. The van der Waals surface area contributed by atoms with Crippen LogP contribution in [-0.2, 0) is 0 Å². The second-order valence-electron chi connectivity index (χ2n) is 3.36. The summed E-state index contributed by atoms with van der Waals surface area (Å²) in [4.78, 5) is 22.6. The van der Waals surface area contributed by atoms with Crippen LogP contribution in [0.2, 0.25) is 0 Å². The van der Waals surface area contributed by atoms with Crippen molar-refractivity contribution in [2.24, 2.45) is 0 Å². The van der Waals surface area contributed by atoms with Gasteiger partial charge in [-0.1, -0.05) is 0 Å². The molecule has 0 aromatic carbocycles. The van der Waals surface area contributed by atoms with Gasteiger partial charge in [-0.15, -0.1) is 11.3 Å². The number of carbonyl (C=O) groups excluding carboxylic acids is 1. The lowest BCUT2D eigenvalue weighted by molar-refractivity contribution is 0.0698. The molecule has 0 aliphatic rings. The van der Waals surface area contributed by atoms with E-state index in [2.05, 4.69) is 5.32 Å². The summed E-state index contributed by atoms with van der Waals surface area (Å²) < 4.78 is 5.02. The standard InChI is InChI=1S/C11H9NO4S/c1-6-2-4-16-8(6)9(13)12-10-7(11(14)15)3-5-17-10/h2-5H,1H3,(H,12,13)(H,14,15). The lowest BCUT2D eigenvalue weighted by Crippen LogP contribution is -2.13. The number of carbonyl (C=O) groups is 2. The quantitative estimate of drug-likeness (QED) is 0.878. The van der Waals surface area contributed by atoms with Crippen LogP contribution in [0.5, 0.6) is 0 Å². The normalized spacial score (nSPS) is 10.2. The second-order valence-corrected chi connectivity index (χ2v) is 4.27. The topological polar surface area (TPSA) is 79.5 Å². The highest BCUT2D eigenvalue weighted by atomic mass is 32.1. The highest BCUT2D eigenvalue weighted by molar-refractivity contribution is 7.14. The first-order valence-electron chi connectivity index (χ1n) is 4.76. The van der Waals surface area contributed by atoms with Gasteiger partial charge in [-0.2, -0.15) is 0 Å². The van der Waals surface area contributed by atoms with Crippen LogP contribution in [0.15, 0.2) is 28.2 Å². The van der Waals surface area contributed by atoms with E-state index in [1.165, 1.54) is 12.3 Å². The number of aryl methyl sites for hydroxylation is 1. The summed E-state index contributed by atoms with van der Waals surface area (Å²) >= 11 is 1.15. The van der Waals surface area contributed by atoms with E-state index in [0.29, 0.717) is 10.6 Å². The first-order valence-corrected chi connectivity index (χ1v) is 5.64. The average Bonchev–Trinajstić information content (AvgIpc) is 2.86. The van der Waals surface area contributed by atoms with Gasteiger partial charge in [-0.25, -0.2) is 4.79 Å². The zero-order valence-electron chi connectivity index (χ0n) is 8.89. The molecule has 0 saturated carbocycles. The largest absolute Gasteiger partial charge is 0.478 e. The number of aromatic carboxylic acids is 1. The Morgan fingerprint density at radius 1 is 1.41 bits per heavy atom. The first kappa shape index (κ1) is 11.4. The predicted octanol–water partition coefficient (Wildman–Crippen LogP) is 2.60. The number of nitrogens with one attached hydrogen (secondary N) is 1. The molecule has 2 rings (SSSR count). The molecule has 2 aromatic rings. The molecule has 0 bridgehead atoms. The Hall–Kier alpha value is -2.08. The van der Waals surface area contributed by atoms with Crippen molar-refractivity contribution in [1.29, 1.82) is 0 Å². The van der Waals surface area contributed by atoms with E-state index >= 15 is 0 Å². The minimum absolute atomic E-state index is 0.0764. The summed E-state index contributed by atoms with van der Waals surface area (Å²) in [7, 11) is 0. The number of carboxylic acid groups (broad SMARTS) is 1. The van der Waals surface area contributed by atoms with Gasteiger partial charge in [0.1, 0.15) is 5.00 Å². The van der Waals surface area contributed by atoms with E-state index in [0.717, 1.165) is 11.3 Å². The number of anilines is 1. The van der Waals surface area contributed by atoms with E-state index in [4.69, 9.17) is 9.52 Å². The number of hydrogen-bond acceptors (Lipinski definition) is 4. The molecule has 0 unspecified atom stereocenters. The van der Waals surface area contributed by atoms with Gasteiger partial charge in [0.2, 0.25) is 0 Å². The summed E-state index contributed by atoms with van der Waals surface area (Å²) in [5.74, 6) is -1.33.